The number of thioether (sulfide) groups is 1. The van der Waals surface area contributed by atoms with Gasteiger partial charge < -0.3 is 4.90 Å². The van der Waals surface area contributed by atoms with Gasteiger partial charge in [-0.3, -0.25) is 9.69 Å². The average Bonchev–Trinajstić information content (AvgIpc) is 3.09. The molecule has 1 heterocycles. The van der Waals surface area contributed by atoms with Gasteiger partial charge in [-0.25, -0.2) is 0 Å². The highest BCUT2D eigenvalue weighted by Crippen LogP contribution is 2.24. The van der Waals surface area contributed by atoms with Crippen LogP contribution >= 0.6 is 11.8 Å². The first kappa shape index (κ1) is 16.8. The molecule has 4 heteroatoms. The molecular formula is C19H28N2OS. The number of aryl methyl sites for hydroxylation is 1. The van der Waals surface area contributed by atoms with Gasteiger partial charge in [0.1, 0.15) is 0 Å². The molecule has 3 nitrogen and oxygen atoms in total. The first-order valence-electron chi connectivity index (χ1n) is 8.87. The predicted molar refractivity (Wildman–Crippen MR) is 97.8 cm³/mol. The number of benzene rings is 1. The third-order valence-corrected chi connectivity index (χ3v) is 6.07. The normalized spacial score (nSPS) is 20.1. The summed E-state index contributed by atoms with van der Waals surface area (Å²) in [4.78, 5) is 17.0. The van der Waals surface area contributed by atoms with Crippen molar-refractivity contribution in [2.24, 2.45) is 0 Å². The van der Waals surface area contributed by atoms with E-state index in [2.05, 4.69) is 41.0 Å². The number of carbonyl (C=O) groups excluding carboxylic acids is 1. The minimum absolute atomic E-state index is 0.314. The van der Waals surface area contributed by atoms with Crippen molar-refractivity contribution in [3.8, 4) is 0 Å². The SMILES string of the molecule is Cc1cccc(CSCC(=O)N2CCN(C3CCCC3)CC2)c1. The van der Waals surface area contributed by atoms with Gasteiger partial charge in [0.15, 0.2) is 0 Å². The molecule has 1 aliphatic heterocycles. The molecular weight excluding hydrogens is 304 g/mol. The smallest absolute Gasteiger partial charge is 0.232 e. The van der Waals surface area contributed by atoms with E-state index in [1.807, 2.05) is 0 Å². The molecule has 126 valence electrons. The molecule has 23 heavy (non-hydrogen) atoms. The lowest BCUT2D eigenvalue weighted by molar-refractivity contribution is -0.130. The van der Waals surface area contributed by atoms with Crippen LogP contribution in [0, 0.1) is 6.92 Å². The van der Waals surface area contributed by atoms with Gasteiger partial charge in [0.05, 0.1) is 5.75 Å². The third kappa shape index (κ3) is 4.74. The van der Waals surface area contributed by atoms with E-state index in [4.69, 9.17) is 0 Å². The van der Waals surface area contributed by atoms with E-state index in [0.29, 0.717) is 11.7 Å². The maximum atomic E-state index is 12.4. The number of rotatable bonds is 5. The quantitative estimate of drug-likeness (QED) is 0.826. The first-order valence-corrected chi connectivity index (χ1v) is 10.0. The van der Waals surface area contributed by atoms with Crippen LogP contribution in [0.2, 0.25) is 0 Å². The summed E-state index contributed by atoms with van der Waals surface area (Å²) >= 11 is 1.74. The number of hydrogen-bond donors (Lipinski definition) is 0. The molecule has 2 aliphatic rings. The van der Waals surface area contributed by atoms with E-state index in [-0.39, 0.29) is 0 Å². The Labute approximate surface area is 144 Å². The molecule has 1 amide bonds. The van der Waals surface area contributed by atoms with Gasteiger partial charge in [0, 0.05) is 38.0 Å². The largest absolute Gasteiger partial charge is 0.339 e. The zero-order chi connectivity index (χ0) is 16.1. The summed E-state index contributed by atoms with van der Waals surface area (Å²) in [6.45, 7) is 6.09. The van der Waals surface area contributed by atoms with Crippen LogP contribution in [0.25, 0.3) is 0 Å². The van der Waals surface area contributed by atoms with Crippen molar-refractivity contribution in [1.29, 1.82) is 0 Å². The number of nitrogens with zero attached hydrogens (tertiary/aromatic N) is 2. The topological polar surface area (TPSA) is 23.6 Å². The monoisotopic (exact) mass is 332 g/mol. The van der Waals surface area contributed by atoms with Crippen LogP contribution in [0.15, 0.2) is 24.3 Å². The van der Waals surface area contributed by atoms with Crippen molar-refractivity contribution in [2.45, 2.75) is 44.4 Å². The fraction of sp³-hybridized carbons (Fsp3) is 0.632. The number of carbonyl (C=O) groups is 1. The molecule has 0 radical (unpaired) electrons. The van der Waals surface area contributed by atoms with Crippen molar-refractivity contribution in [3.63, 3.8) is 0 Å². The standard InChI is InChI=1S/C19H28N2OS/c1-16-5-4-6-17(13-16)14-23-15-19(22)21-11-9-20(10-12-21)18-7-2-3-8-18/h4-6,13,18H,2-3,7-12,14-15H2,1H3. The summed E-state index contributed by atoms with van der Waals surface area (Å²) < 4.78 is 0. The Morgan fingerprint density at radius 3 is 2.61 bits per heavy atom. The molecule has 0 spiro atoms. The lowest BCUT2D eigenvalue weighted by atomic mass is 10.2. The fourth-order valence-corrected chi connectivity index (χ4v) is 4.63. The number of hydrogen-bond acceptors (Lipinski definition) is 3. The van der Waals surface area contributed by atoms with Crippen molar-refractivity contribution in [2.75, 3.05) is 31.9 Å². The molecule has 0 N–H and O–H groups in total. The molecule has 1 aliphatic carbocycles. The van der Waals surface area contributed by atoms with Crippen molar-refractivity contribution in [3.05, 3.63) is 35.4 Å². The molecule has 0 atom stereocenters. The maximum absolute atomic E-state index is 12.4. The van der Waals surface area contributed by atoms with Gasteiger partial charge in [-0.1, -0.05) is 42.7 Å². The Bertz CT molecular complexity index is 520. The summed E-state index contributed by atoms with van der Waals surface area (Å²) in [6.07, 6.45) is 5.50. The summed E-state index contributed by atoms with van der Waals surface area (Å²) in [5, 5.41) is 0. The van der Waals surface area contributed by atoms with E-state index >= 15 is 0 Å². The molecule has 1 saturated carbocycles. The molecule has 0 unspecified atom stereocenters. The first-order chi connectivity index (χ1) is 11.2. The minimum Gasteiger partial charge on any atom is -0.339 e. The van der Waals surface area contributed by atoms with Gasteiger partial charge in [-0.2, -0.15) is 0 Å². The van der Waals surface area contributed by atoms with E-state index in [1.165, 1.54) is 36.8 Å². The minimum atomic E-state index is 0.314. The average molecular weight is 333 g/mol. The zero-order valence-corrected chi connectivity index (χ0v) is 15.0. The van der Waals surface area contributed by atoms with Gasteiger partial charge >= 0.3 is 0 Å². The Balaban J connectivity index is 1.37. The lowest BCUT2D eigenvalue weighted by Crippen LogP contribution is -2.51. The molecule has 1 aromatic rings. The summed E-state index contributed by atoms with van der Waals surface area (Å²) in [5.41, 5.74) is 2.60. The Morgan fingerprint density at radius 2 is 1.91 bits per heavy atom. The Morgan fingerprint density at radius 1 is 1.17 bits per heavy atom. The zero-order valence-electron chi connectivity index (χ0n) is 14.2. The van der Waals surface area contributed by atoms with Crippen molar-refractivity contribution < 1.29 is 4.79 Å². The van der Waals surface area contributed by atoms with Crippen LogP contribution in [0.1, 0.15) is 36.8 Å². The van der Waals surface area contributed by atoms with Crippen LogP contribution in [0.4, 0.5) is 0 Å². The molecule has 3 rings (SSSR count). The highest BCUT2D eigenvalue weighted by Gasteiger charge is 2.27. The second-order valence-electron chi connectivity index (χ2n) is 6.84. The van der Waals surface area contributed by atoms with Crippen LogP contribution in [0.3, 0.4) is 0 Å². The van der Waals surface area contributed by atoms with Crippen molar-refractivity contribution in [1.82, 2.24) is 9.80 Å². The van der Waals surface area contributed by atoms with Gasteiger partial charge in [0.25, 0.3) is 0 Å². The number of piperazine rings is 1. The third-order valence-electron chi connectivity index (χ3n) is 5.08. The van der Waals surface area contributed by atoms with Crippen LogP contribution in [-0.2, 0) is 10.5 Å². The van der Waals surface area contributed by atoms with E-state index in [1.54, 1.807) is 11.8 Å². The van der Waals surface area contributed by atoms with Gasteiger partial charge in [-0.05, 0) is 25.3 Å². The maximum Gasteiger partial charge on any atom is 0.232 e. The van der Waals surface area contributed by atoms with Gasteiger partial charge in [-0.15, -0.1) is 11.8 Å². The van der Waals surface area contributed by atoms with E-state index in [9.17, 15) is 4.79 Å². The fourth-order valence-electron chi connectivity index (χ4n) is 3.76. The summed E-state index contributed by atoms with van der Waals surface area (Å²) in [6, 6.07) is 9.35. The summed E-state index contributed by atoms with van der Waals surface area (Å²) in [5.74, 6) is 1.85. The van der Waals surface area contributed by atoms with Gasteiger partial charge in [0.2, 0.25) is 5.91 Å². The number of amides is 1. The molecule has 0 aromatic heterocycles. The van der Waals surface area contributed by atoms with Crippen LogP contribution in [-0.4, -0.2) is 53.7 Å². The van der Waals surface area contributed by atoms with Crippen molar-refractivity contribution >= 4 is 17.7 Å². The molecule has 0 bridgehead atoms. The van der Waals surface area contributed by atoms with E-state index < -0.39 is 0 Å². The molecule has 1 aromatic carbocycles. The van der Waals surface area contributed by atoms with Crippen LogP contribution < -0.4 is 0 Å². The highest BCUT2D eigenvalue weighted by molar-refractivity contribution is 7.99. The Kier molecular flexibility index (Phi) is 6.01. The van der Waals surface area contributed by atoms with Crippen LogP contribution in [0.5, 0.6) is 0 Å². The highest BCUT2D eigenvalue weighted by atomic mass is 32.2. The second-order valence-corrected chi connectivity index (χ2v) is 7.82. The van der Waals surface area contributed by atoms with E-state index in [0.717, 1.165) is 38.0 Å². The molecule has 1 saturated heterocycles. The molecule has 2 fully saturated rings. The Hall–Kier alpha value is -1.00. The second kappa shape index (κ2) is 8.20. The lowest BCUT2D eigenvalue weighted by Gasteiger charge is -2.38. The predicted octanol–water partition coefficient (Wildman–Crippen LogP) is 3.32. The summed E-state index contributed by atoms with van der Waals surface area (Å²) in [7, 11) is 0.